The third-order valence-electron chi connectivity index (χ3n) is 4.65. The van der Waals surface area contributed by atoms with Gasteiger partial charge in [-0.1, -0.05) is 30.3 Å². The van der Waals surface area contributed by atoms with Crippen LogP contribution in [0, 0.1) is 11.3 Å². The summed E-state index contributed by atoms with van der Waals surface area (Å²) in [6.45, 7) is 4.16. The molecule has 0 N–H and O–H groups in total. The van der Waals surface area contributed by atoms with Crippen molar-refractivity contribution in [2.24, 2.45) is 11.3 Å². The molecule has 1 heterocycles. The van der Waals surface area contributed by atoms with Crippen molar-refractivity contribution in [3.8, 4) is 0 Å². The molecule has 1 saturated carbocycles. The number of ketones is 1. The van der Waals surface area contributed by atoms with Crippen molar-refractivity contribution < 1.29 is 14.3 Å². The minimum atomic E-state index is -0.909. The molecule has 3 rings (SSSR count). The fourth-order valence-corrected chi connectivity index (χ4v) is 3.65. The van der Waals surface area contributed by atoms with E-state index in [0.717, 1.165) is 19.5 Å². The third-order valence-corrected chi connectivity index (χ3v) is 4.65. The zero-order chi connectivity index (χ0) is 14.9. The average Bonchev–Trinajstić information content (AvgIpc) is 2.69. The Bertz CT molecular complexity index is 542. The van der Waals surface area contributed by atoms with Gasteiger partial charge in [-0.3, -0.25) is 14.5 Å². The number of Topliss-reactive ketones (excluding diaryl/α,β-unsaturated/α-hetero) is 1. The molecule has 1 aromatic carbocycles. The second-order valence-corrected chi connectivity index (χ2v) is 6.06. The van der Waals surface area contributed by atoms with Gasteiger partial charge >= 0.3 is 5.97 Å². The van der Waals surface area contributed by atoms with Gasteiger partial charge in [0.2, 0.25) is 0 Å². The highest BCUT2D eigenvalue weighted by Gasteiger charge is 2.58. The first-order chi connectivity index (χ1) is 10.2. The van der Waals surface area contributed by atoms with Gasteiger partial charge in [0.15, 0.2) is 5.78 Å². The number of hydrogen-bond donors (Lipinski definition) is 0. The number of esters is 1. The van der Waals surface area contributed by atoms with Crippen molar-refractivity contribution in [1.29, 1.82) is 0 Å². The number of likely N-dealkylation sites (tertiary alicyclic amines) is 1. The summed E-state index contributed by atoms with van der Waals surface area (Å²) in [5.74, 6) is -0.229. The highest BCUT2D eigenvalue weighted by atomic mass is 16.5. The van der Waals surface area contributed by atoms with Crippen LogP contribution in [0.1, 0.15) is 25.3 Å². The maximum Gasteiger partial charge on any atom is 0.320 e. The van der Waals surface area contributed by atoms with E-state index < -0.39 is 5.41 Å². The largest absolute Gasteiger partial charge is 0.465 e. The number of rotatable bonds is 4. The first kappa shape index (κ1) is 14.3. The Morgan fingerprint density at radius 1 is 1.38 bits per heavy atom. The molecule has 0 unspecified atom stereocenters. The summed E-state index contributed by atoms with van der Waals surface area (Å²) in [6, 6.07) is 10.2. The summed E-state index contributed by atoms with van der Waals surface area (Å²) < 4.78 is 5.18. The summed E-state index contributed by atoms with van der Waals surface area (Å²) in [4.78, 5) is 27.0. The highest BCUT2D eigenvalue weighted by molar-refractivity contribution is 6.07. The van der Waals surface area contributed by atoms with Gasteiger partial charge in [-0.05, 0) is 25.3 Å². The Balaban J connectivity index is 1.78. The number of fused-ring (bicyclic) bond motifs is 2. The molecule has 0 amide bonds. The van der Waals surface area contributed by atoms with Crippen LogP contribution in [0.4, 0.5) is 0 Å². The number of benzene rings is 1. The fourth-order valence-electron chi connectivity index (χ4n) is 3.65. The third kappa shape index (κ3) is 2.48. The second kappa shape index (κ2) is 5.60. The zero-order valence-electron chi connectivity index (χ0n) is 12.4. The average molecular weight is 287 g/mol. The van der Waals surface area contributed by atoms with Crippen molar-refractivity contribution in [2.75, 3.05) is 19.7 Å². The molecule has 1 saturated heterocycles. The Morgan fingerprint density at radius 3 is 2.86 bits per heavy atom. The maximum atomic E-state index is 12.5. The molecule has 0 spiro atoms. The van der Waals surface area contributed by atoms with E-state index in [-0.39, 0.29) is 17.7 Å². The number of carbonyl (C=O) groups is 2. The van der Waals surface area contributed by atoms with E-state index in [4.69, 9.17) is 4.74 Å². The number of carbonyl (C=O) groups excluding carboxylic acids is 2. The van der Waals surface area contributed by atoms with E-state index >= 15 is 0 Å². The van der Waals surface area contributed by atoms with Crippen molar-refractivity contribution in [3.05, 3.63) is 35.9 Å². The van der Waals surface area contributed by atoms with Crippen molar-refractivity contribution in [2.45, 2.75) is 26.3 Å². The summed E-state index contributed by atoms with van der Waals surface area (Å²) in [7, 11) is 0. The van der Waals surface area contributed by atoms with Crippen LogP contribution in [0.2, 0.25) is 0 Å². The van der Waals surface area contributed by atoms with Gasteiger partial charge in [-0.2, -0.15) is 0 Å². The van der Waals surface area contributed by atoms with Crippen molar-refractivity contribution in [3.63, 3.8) is 0 Å². The van der Waals surface area contributed by atoms with E-state index in [0.29, 0.717) is 19.6 Å². The molecule has 1 aliphatic heterocycles. The smallest absolute Gasteiger partial charge is 0.320 e. The first-order valence-corrected chi connectivity index (χ1v) is 7.63. The number of ether oxygens (including phenoxy) is 1. The van der Waals surface area contributed by atoms with Gasteiger partial charge in [0.1, 0.15) is 5.41 Å². The molecular weight excluding hydrogens is 266 g/mol. The van der Waals surface area contributed by atoms with E-state index in [1.54, 1.807) is 6.92 Å². The lowest BCUT2D eigenvalue weighted by Gasteiger charge is -2.37. The lowest BCUT2D eigenvalue weighted by molar-refractivity contribution is -0.163. The molecular formula is C17H21NO3. The van der Waals surface area contributed by atoms with E-state index in [1.807, 2.05) is 18.2 Å². The molecule has 1 aliphatic carbocycles. The quantitative estimate of drug-likeness (QED) is 0.628. The number of piperidine rings is 1. The van der Waals surface area contributed by atoms with E-state index in [9.17, 15) is 9.59 Å². The van der Waals surface area contributed by atoms with Crippen LogP contribution in [0.25, 0.3) is 0 Å². The lowest BCUT2D eigenvalue weighted by Crippen LogP contribution is -2.53. The molecule has 0 aromatic heterocycles. The Hall–Kier alpha value is -1.68. The lowest BCUT2D eigenvalue weighted by atomic mass is 9.80. The predicted molar refractivity (Wildman–Crippen MR) is 78.5 cm³/mol. The summed E-state index contributed by atoms with van der Waals surface area (Å²) in [5, 5.41) is 0. The van der Waals surface area contributed by atoms with Crippen LogP contribution in [0.3, 0.4) is 0 Å². The van der Waals surface area contributed by atoms with Crippen LogP contribution in [0.5, 0.6) is 0 Å². The van der Waals surface area contributed by atoms with Crippen LogP contribution in [-0.2, 0) is 20.9 Å². The Morgan fingerprint density at radius 2 is 2.14 bits per heavy atom. The predicted octanol–water partition coefficient (Wildman–Crippen LogP) is 2.03. The molecule has 112 valence electrons. The van der Waals surface area contributed by atoms with Crippen molar-refractivity contribution in [1.82, 2.24) is 4.90 Å². The SMILES string of the molecule is CCOC(=O)[C@@]12CC[C@@H](CN(Cc3ccccc3)C1)C2=O. The monoisotopic (exact) mass is 287 g/mol. The molecule has 2 fully saturated rings. The molecule has 0 radical (unpaired) electrons. The van der Waals surface area contributed by atoms with Crippen LogP contribution < -0.4 is 0 Å². The molecule has 4 heteroatoms. The molecule has 2 atom stereocenters. The molecule has 2 aliphatic rings. The van der Waals surface area contributed by atoms with E-state index in [1.165, 1.54) is 5.56 Å². The normalized spacial score (nSPS) is 28.6. The zero-order valence-corrected chi connectivity index (χ0v) is 12.4. The van der Waals surface area contributed by atoms with Gasteiger partial charge < -0.3 is 4.74 Å². The minimum Gasteiger partial charge on any atom is -0.465 e. The minimum absolute atomic E-state index is 0.00753. The summed E-state index contributed by atoms with van der Waals surface area (Å²) in [6.07, 6.45) is 1.45. The van der Waals surface area contributed by atoms with Gasteiger partial charge in [0.25, 0.3) is 0 Å². The topological polar surface area (TPSA) is 46.6 Å². The first-order valence-electron chi connectivity index (χ1n) is 7.63. The molecule has 21 heavy (non-hydrogen) atoms. The summed E-state index contributed by atoms with van der Waals surface area (Å²) >= 11 is 0. The van der Waals surface area contributed by atoms with Crippen LogP contribution in [0.15, 0.2) is 30.3 Å². The second-order valence-electron chi connectivity index (χ2n) is 6.06. The number of hydrogen-bond acceptors (Lipinski definition) is 4. The molecule has 1 aromatic rings. The summed E-state index contributed by atoms with van der Waals surface area (Å²) in [5.41, 5.74) is 0.304. The van der Waals surface area contributed by atoms with E-state index in [2.05, 4.69) is 17.0 Å². The van der Waals surface area contributed by atoms with Gasteiger partial charge in [-0.25, -0.2) is 0 Å². The highest BCUT2D eigenvalue weighted by Crippen LogP contribution is 2.44. The fraction of sp³-hybridized carbons (Fsp3) is 0.529. The Labute approximate surface area is 125 Å². The molecule has 2 bridgehead atoms. The number of nitrogens with zero attached hydrogens (tertiary/aromatic N) is 1. The molecule has 4 nitrogen and oxygen atoms in total. The van der Waals surface area contributed by atoms with Crippen LogP contribution in [-0.4, -0.2) is 36.3 Å². The Kier molecular flexibility index (Phi) is 3.81. The van der Waals surface area contributed by atoms with Crippen molar-refractivity contribution >= 4 is 11.8 Å². The van der Waals surface area contributed by atoms with Gasteiger partial charge in [-0.15, -0.1) is 0 Å². The van der Waals surface area contributed by atoms with Gasteiger partial charge in [0.05, 0.1) is 6.61 Å². The maximum absolute atomic E-state index is 12.5. The van der Waals surface area contributed by atoms with Crippen LogP contribution >= 0.6 is 0 Å². The standard InChI is InChI=1S/C17H21NO3/c1-2-21-16(20)17-9-8-14(15(17)19)11-18(12-17)10-13-6-4-3-5-7-13/h3-7,14H,2,8-12H2,1H3/t14-,17-/m0/s1. The van der Waals surface area contributed by atoms with Gasteiger partial charge in [0, 0.05) is 25.6 Å².